The molecule has 5 rings (SSSR count). The minimum absolute atomic E-state index is 0.0643. The highest BCUT2D eigenvalue weighted by Gasteiger charge is 2.28. The van der Waals surface area contributed by atoms with Crippen molar-refractivity contribution < 1.29 is 23.0 Å². The van der Waals surface area contributed by atoms with Crippen LogP contribution in [0.5, 0.6) is 11.6 Å². The fraction of sp³-hybridized carbons (Fsp3) is 0.138. The highest BCUT2D eigenvalue weighted by Crippen LogP contribution is 2.35. The number of aromatic nitrogens is 3. The summed E-state index contributed by atoms with van der Waals surface area (Å²) in [4.78, 5) is 19.6. The van der Waals surface area contributed by atoms with Crippen molar-refractivity contribution in [2.75, 3.05) is 23.3 Å². The number of H-pyrrole nitrogens is 1. The van der Waals surface area contributed by atoms with E-state index in [1.54, 1.807) is 37.3 Å². The van der Waals surface area contributed by atoms with Gasteiger partial charge in [0.25, 0.3) is 11.3 Å². The van der Waals surface area contributed by atoms with Gasteiger partial charge in [0.2, 0.25) is 5.88 Å². The third-order valence-electron chi connectivity index (χ3n) is 6.43. The number of amides is 1. The number of phenols is 1. The van der Waals surface area contributed by atoms with Gasteiger partial charge in [-0.1, -0.05) is 41.9 Å². The van der Waals surface area contributed by atoms with E-state index < -0.39 is 17.4 Å². The number of ether oxygens (including phenoxy) is 1. The van der Waals surface area contributed by atoms with E-state index in [0.29, 0.717) is 33.9 Å². The molecule has 3 N–H and O–H groups in total. The zero-order chi connectivity index (χ0) is 29.8. The van der Waals surface area contributed by atoms with Crippen LogP contribution in [0.2, 0.25) is 5.02 Å². The Labute approximate surface area is 248 Å². The first kappa shape index (κ1) is 28.7. The number of benzene rings is 3. The summed E-state index contributed by atoms with van der Waals surface area (Å²) in [6.07, 6.45) is -0.403. The van der Waals surface area contributed by atoms with Crippen molar-refractivity contribution in [3.63, 3.8) is 0 Å². The first-order valence-corrected chi connectivity index (χ1v) is 14.2. The normalized spacial score (nSPS) is 11.7. The van der Waals surface area contributed by atoms with Crippen LogP contribution >= 0.6 is 11.6 Å². The summed E-state index contributed by atoms with van der Waals surface area (Å²) in [6.45, 7) is 2.07. The van der Waals surface area contributed by atoms with Crippen molar-refractivity contribution in [3.8, 4) is 29.1 Å². The van der Waals surface area contributed by atoms with Crippen molar-refractivity contribution >= 4 is 46.0 Å². The van der Waals surface area contributed by atoms with E-state index >= 15 is 0 Å². The summed E-state index contributed by atoms with van der Waals surface area (Å²) in [6, 6.07) is 22.7. The van der Waals surface area contributed by atoms with Crippen LogP contribution in [0.15, 0.2) is 72.8 Å². The lowest BCUT2D eigenvalue weighted by atomic mass is 10.0. The molecule has 0 bridgehead atoms. The Kier molecular flexibility index (Phi) is 8.44. The number of anilines is 2. The molecule has 0 saturated heterocycles. The van der Waals surface area contributed by atoms with E-state index in [1.165, 1.54) is 28.7 Å². The van der Waals surface area contributed by atoms with Crippen molar-refractivity contribution in [2.24, 2.45) is 0 Å². The van der Waals surface area contributed by atoms with Crippen LogP contribution in [0.4, 0.5) is 16.2 Å². The van der Waals surface area contributed by atoms with E-state index in [1.807, 2.05) is 30.3 Å². The van der Waals surface area contributed by atoms with Crippen LogP contribution in [-0.2, 0) is 21.9 Å². The number of carbonyl (C=O) groups is 1. The van der Waals surface area contributed by atoms with Crippen molar-refractivity contribution in [3.05, 3.63) is 94.5 Å². The number of aromatic hydroxyl groups is 1. The van der Waals surface area contributed by atoms with E-state index in [-0.39, 0.29) is 35.2 Å². The number of fused-ring (bicyclic) bond motifs is 1. The quantitative estimate of drug-likeness (QED) is 0.192. The van der Waals surface area contributed by atoms with Crippen molar-refractivity contribution in [1.82, 2.24) is 14.6 Å². The topological polar surface area (TPSA) is 145 Å². The number of phenolic OH excluding ortho intramolecular Hbond substituents is 1. The molecule has 0 aliphatic heterocycles. The van der Waals surface area contributed by atoms with Gasteiger partial charge in [-0.2, -0.15) is 5.26 Å². The van der Waals surface area contributed by atoms with Crippen LogP contribution < -0.4 is 14.4 Å². The monoisotopic (exact) mass is 604 g/mol. The third kappa shape index (κ3) is 5.80. The molecule has 2 aromatic heterocycles. The first-order valence-electron chi connectivity index (χ1n) is 12.7. The number of nitrogens with one attached hydrogen (secondary N) is 2. The Balaban J connectivity index is 1.64. The maximum absolute atomic E-state index is 13.5. The summed E-state index contributed by atoms with van der Waals surface area (Å²) in [5.41, 5.74) is 3.18. The van der Waals surface area contributed by atoms with Gasteiger partial charge >= 0.3 is 6.09 Å². The lowest BCUT2D eigenvalue weighted by Crippen LogP contribution is -2.33. The second kappa shape index (κ2) is 12.4. The van der Waals surface area contributed by atoms with Crippen molar-refractivity contribution in [1.29, 1.82) is 5.26 Å². The molecule has 0 fully saturated rings. The second-order valence-corrected chi connectivity index (χ2v) is 10.4. The Morgan fingerprint density at radius 2 is 1.93 bits per heavy atom. The molecule has 42 heavy (non-hydrogen) atoms. The van der Waals surface area contributed by atoms with Gasteiger partial charge in [0.1, 0.15) is 17.4 Å². The van der Waals surface area contributed by atoms with E-state index in [0.717, 1.165) is 5.56 Å². The highest BCUT2D eigenvalue weighted by molar-refractivity contribution is 7.81. The molecule has 1 atom stereocenters. The lowest BCUT2D eigenvalue weighted by Gasteiger charge is -2.20. The predicted octanol–water partition coefficient (Wildman–Crippen LogP) is 5.81. The standard InChI is InChI=1S/C29H25ClN6O5S/c1-3-35(20-10-12-21(37)13-11-20)29(38)41-28-22(15-18-7-5-4-6-8-18)24(17-31)27-32-26(33-36(27)28)23-16-19(30)9-14-25(23)34-42(39)40-2/h4-14,16,34,37H,3,15H2,1-2H3,(H,32,33). The summed E-state index contributed by atoms with van der Waals surface area (Å²) in [5.74, 6) is 0.423. The van der Waals surface area contributed by atoms with Gasteiger partial charge in [-0.05, 0) is 55.0 Å². The second-order valence-electron chi connectivity index (χ2n) is 8.99. The largest absolute Gasteiger partial charge is 0.508 e. The predicted molar refractivity (Wildman–Crippen MR) is 160 cm³/mol. The van der Waals surface area contributed by atoms with Gasteiger partial charge in [-0.15, -0.1) is 0 Å². The lowest BCUT2D eigenvalue weighted by molar-refractivity contribution is 0.204. The number of rotatable bonds is 9. The fourth-order valence-corrected chi connectivity index (χ4v) is 5.07. The van der Waals surface area contributed by atoms with E-state index in [9.17, 15) is 19.4 Å². The number of aromatic amines is 1. The highest BCUT2D eigenvalue weighted by atomic mass is 35.5. The Bertz CT molecular complexity index is 1810. The molecule has 5 aromatic rings. The summed E-state index contributed by atoms with van der Waals surface area (Å²) in [5, 5.41) is 23.4. The fourth-order valence-electron chi connectivity index (χ4n) is 4.46. The number of nitrogens with zero attached hydrogens (tertiary/aromatic N) is 4. The molecule has 11 nitrogen and oxygen atoms in total. The summed E-state index contributed by atoms with van der Waals surface area (Å²) < 4.78 is 27.1. The van der Waals surface area contributed by atoms with E-state index in [2.05, 4.69) is 20.9 Å². The molecule has 13 heteroatoms. The average Bonchev–Trinajstić information content (AvgIpc) is 3.53. The SMILES string of the molecule is CCN(C(=O)Oc1c(Cc2ccccc2)c(C#N)c2nc(-c3cc(Cl)ccc3NS(=O)OC)[nH]n12)c1ccc(O)cc1. The van der Waals surface area contributed by atoms with Gasteiger partial charge in [0.15, 0.2) is 11.5 Å². The number of hydrogen-bond acceptors (Lipinski definition) is 7. The number of halogens is 1. The molecular weight excluding hydrogens is 580 g/mol. The Hall–Kier alpha value is -4.83. The number of hydrogen-bond donors (Lipinski definition) is 3. The minimum atomic E-state index is -1.83. The van der Waals surface area contributed by atoms with Gasteiger partial charge < -0.3 is 9.84 Å². The van der Waals surface area contributed by atoms with Crippen LogP contribution in [0.25, 0.3) is 17.0 Å². The summed E-state index contributed by atoms with van der Waals surface area (Å²) >= 11 is 4.44. The zero-order valence-corrected chi connectivity index (χ0v) is 24.1. The third-order valence-corrected chi connectivity index (χ3v) is 7.36. The Morgan fingerprint density at radius 3 is 2.60 bits per heavy atom. The molecule has 2 heterocycles. The molecule has 0 aliphatic carbocycles. The molecule has 0 radical (unpaired) electrons. The summed E-state index contributed by atoms with van der Waals surface area (Å²) in [7, 11) is 1.29. The van der Waals surface area contributed by atoms with Crippen molar-refractivity contribution in [2.45, 2.75) is 13.3 Å². The molecule has 214 valence electrons. The molecule has 1 unspecified atom stereocenters. The molecular formula is C29H25ClN6O5S. The molecule has 0 aliphatic rings. The van der Waals surface area contributed by atoms with Crippen LogP contribution in [-0.4, -0.2) is 43.7 Å². The van der Waals surface area contributed by atoms with Gasteiger partial charge in [-0.3, -0.25) is 18.9 Å². The van der Waals surface area contributed by atoms with Crippen LogP contribution in [0.1, 0.15) is 23.6 Å². The molecule has 1 amide bonds. The van der Waals surface area contributed by atoms with Gasteiger partial charge in [-0.25, -0.2) is 18.5 Å². The van der Waals surface area contributed by atoms with Crippen LogP contribution in [0, 0.1) is 11.3 Å². The minimum Gasteiger partial charge on any atom is -0.508 e. The van der Waals surface area contributed by atoms with E-state index in [4.69, 9.17) is 20.5 Å². The first-order chi connectivity index (χ1) is 20.3. The Morgan fingerprint density at radius 1 is 1.19 bits per heavy atom. The number of nitriles is 1. The molecule has 0 spiro atoms. The molecule has 0 saturated carbocycles. The maximum atomic E-state index is 13.5. The van der Waals surface area contributed by atoms with Crippen LogP contribution in [0.3, 0.4) is 0 Å². The average molecular weight is 605 g/mol. The molecule has 3 aromatic carbocycles. The maximum Gasteiger partial charge on any atom is 0.421 e. The van der Waals surface area contributed by atoms with Gasteiger partial charge in [0.05, 0.1) is 12.8 Å². The number of carbonyl (C=O) groups excluding carboxylic acids is 1. The van der Waals surface area contributed by atoms with Gasteiger partial charge in [0, 0.05) is 34.8 Å². The smallest absolute Gasteiger partial charge is 0.421 e. The zero-order valence-electron chi connectivity index (χ0n) is 22.5.